The number of phenolic OH excluding ortho intramolecular Hbond substituents is 1. The van der Waals surface area contributed by atoms with Gasteiger partial charge in [-0.15, -0.1) is 12.4 Å². The zero-order valence-corrected chi connectivity index (χ0v) is 11.2. The molecule has 0 unspecified atom stereocenters. The summed E-state index contributed by atoms with van der Waals surface area (Å²) in [5.74, 6) is 0.190. The van der Waals surface area contributed by atoms with Gasteiger partial charge in [-0.25, -0.2) is 0 Å². The fourth-order valence-corrected chi connectivity index (χ4v) is 2.07. The summed E-state index contributed by atoms with van der Waals surface area (Å²) in [6.07, 6.45) is 1.72. The van der Waals surface area contributed by atoms with Crippen LogP contribution in [-0.4, -0.2) is 24.1 Å². The third-order valence-corrected chi connectivity index (χ3v) is 3.12. The number of amides is 1. The molecule has 1 aromatic carbocycles. The van der Waals surface area contributed by atoms with Gasteiger partial charge in [0.25, 0.3) is 0 Å². The van der Waals surface area contributed by atoms with Crippen LogP contribution in [0.2, 0.25) is 0 Å². The molecule has 1 heterocycles. The molecule has 1 aromatic rings. The SMILES string of the molecule is Cc1ccc(NC(=O)C2CCNCC2)c(O)c1.Cl. The summed E-state index contributed by atoms with van der Waals surface area (Å²) in [6, 6.07) is 5.26. The molecule has 0 bridgehead atoms. The Bertz CT molecular complexity index is 417. The van der Waals surface area contributed by atoms with E-state index in [1.165, 1.54) is 0 Å². The second-order valence-corrected chi connectivity index (χ2v) is 4.53. The highest BCUT2D eigenvalue weighted by atomic mass is 35.5. The first-order chi connectivity index (χ1) is 8.16. The van der Waals surface area contributed by atoms with Crippen molar-refractivity contribution < 1.29 is 9.90 Å². The molecule has 1 amide bonds. The number of phenols is 1. The first kappa shape index (κ1) is 14.8. The maximum atomic E-state index is 12.0. The molecule has 1 aliphatic heterocycles. The van der Waals surface area contributed by atoms with E-state index in [1.807, 2.05) is 13.0 Å². The average molecular weight is 271 g/mol. The molecular weight excluding hydrogens is 252 g/mol. The predicted octanol–water partition coefficient (Wildman–Crippen LogP) is 2.06. The van der Waals surface area contributed by atoms with E-state index < -0.39 is 0 Å². The van der Waals surface area contributed by atoms with Crippen LogP contribution in [0.15, 0.2) is 18.2 Å². The fraction of sp³-hybridized carbons (Fsp3) is 0.462. The molecule has 0 aliphatic carbocycles. The minimum atomic E-state index is 0. The van der Waals surface area contributed by atoms with Crippen molar-refractivity contribution in [1.29, 1.82) is 0 Å². The van der Waals surface area contributed by atoms with Crippen LogP contribution in [0.3, 0.4) is 0 Å². The Morgan fingerprint density at radius 1 is 1.39 bits per heavy atom. The summed E-state index contributed by atoms with van der Waals surface area (Å²) in [5.41, 5.74) is 1.47. The predicted molar refractivity (Wildman–Crippen MR) is 74.3 cm³/mol. The molecule has 3 N–H and O–H groups in total. The molecule has 4 nitrogen and oxygen atoms in total. The Kier molecular flexibility index (Phi) is 5.44. The van der Waals surface area contributed by atoms with Crippen LogP contribution in [0.4, 0.5) is 5.69 Å². The van der Waals surface area contributed by atoms with Gasteiger partial charge in [-0.2, -0.15) is 0 Å². The smallest absolute Gasteiger partial charge is 0.227 e. The summed E-state index contributed by atoms with van der Waals surface area (Å²) in [7, 11) is 0. The van der Waals surface area contributed by atoms with Gasteiger partial charge in [0.2, 0.25) is 5.91 Å². The van der Waals surface area contributed by atoms with Crippen LogP contribution in [0, 0.1) is 12.8 Å². The largest absolute Gasteiger partial charge is 0.506 e. The molecule has 1 saturated heterocycles. The van der Waals surface area contributed by atoms with Gasteiger partial charge in [-0.1, -0.05) is 6.07 Å². The number of anilines is 1. The highest BCUT2D eigenvalue weighted by molar-refractivity contribution is 5.94. The molecule has 2 rings (SSSR count). The molecule has 0 atom stereocenters. The Labute approximate surface area is 113 Å². The molecule has 18 heavy (non-hydrogen) atoms. The number of hydrogen-bond acceptors (Lipinski definition) is 3. The molecule has 0 aromatic heterocycles. The van der Waals surface area contributed by atoms with Crippen LogP contribution < -0.4 is 10.6 Å². The van der Waals surface area contributed by atoms with Crippen LogP contribution in [0.1, 0.15) is 18.4 Å². The summed E-state index contributed by atoms with van der Waals surface area (Å²) < 4.78 is 0. The van der Waals surface area contributed by atoms with Gasteiger partial charge in [0.1, 0.15) is 5.75 Å². The molecule has 0 radical (unpaired) electrons. The first-order valence-corrected chi connectivity index (χ1v) is 5.98. The van der Waals surface area contributed by atoms with Crippen molar-refractivity contribution in [2.45, 2.75) is 19.8 Å². The van der Waals surface area contributed by atoms with Crippen molar-refractivity contribution in [1.82, 2.24) is 5.32 Å². The van der Waals surface area contributed by atoms with E-state index in [1.54, 1.807) is 12.1 Å². The van der Waals surface area contributed by atoms with Gasteiger partial charge in [0, 0.05) is 5.92 Å². The Hall–Kier alpha value is -1.26. The number of aromatic hydroxyl groups is 1. The highest BCUT2D eigenvalue weighted by Gasteiger charge is 2.21. The summed E-state index contributed by atoms with van der Waals surface area (Å²) in [6.45, 7) is 3.67. The number of hydrogen-bond donors (Lipinski definition) is 3. The second-order valence-electron chi connectivity index (χ2n) is 4.53. The van der Waals surface area contributed by atoms with E-state index in [-0.39, 0.29) is 30.0 Å². The van der Waals surface area contributed by atoms with Crippen LogP contribution in [-0.2, 0) is 4.79 Å². The summed E-state index contributed by atoms with van der Waals surface area (Å²) in [4.78, 5) is 12.0. The normalized spacial score (nSPS) is 15.8. The third kappa shape index (κ3) is 3.62. The molecule has 5 heteroatoms. The second kappa shape index (κ2) is 6.61. The van der Waals surface area contributed by atoms with E-state index in [0.29, 0.717) is 5.69 Å². The third-order valence-electron chi connectivity index (χ3n) is 3.12. The maximum absolute atomic E-state index is 12.0. The van der Waals surface area contributed by atoms with Crippen molar-refractivity contribution in [2.24, 2.45) is 5.92 Å². The Balaban J connectivity index is 0.00000162. The standard InChI is InChI=1S/C13H18N2O2.ClH/c1-9-2-3-11(12(16)8-9)15-13(17)10-4-6-14-7-5-10;/h2-3,8,10,14,16H,4-7H2,1H3,(H,15,17);1H. The number of carbonyl (C=O) groups excluding carboxylic acids is 1. The number of aryl methyl sites for hydroxylation is 1. The number of halogens is 1. The van der Waals surface area contributed by atoms with Crippen LogP contribution >= 0.6 is 12.4 Å². The monoisotopic (exact) mass is 270 g/mol. The number of piperidine rings is 1. The fourth-order valence-electron chi connectivity index (χ4n) is 2.07. The number of benzene rings is 1. The van der Waals surface area contributed by atoms with E-state index in [0.717, 1.165) is 31.5 Å². The quantitative estimate of drug-likeness (QED) is 0.721. The minimum absolute atomic E-state index is 0. The van der Waals surface area contributed by atoms with E-state index in [4.69, 9.17) is 0 Å². The average Bonchev–Trinajstić information content (AvgIpc) is 2.34. The summed E-state index contributed by atoms with van der Waals surface area (Å²) in [5, 5.41) is 15.7. The van der Waals surface area contributed by atoms with Gasteiger partial charge in [-0.05, 0) is 50.6 Å². The lowest BCUT2D eigenvalue weighted by Gasteiger charge is -2.22. The lowest BCUT2D eigenvalue weighted by molar-refractivity contribution is -0.120. The van der Waals surface area contributed by atoms with E-state index >= 15 is 0 Å². The molecule has 100 valence electrons. The zero-order chi connectivity index (χ0) is 12.3. The van der Waals surface area contributed by atoms with Crippen molar-refractivity contribution in [3.8, 4) is 5.75 Å². The highest BCUT2D eigenvalue weighted by Crippen LogP contribution is 2.25. The van der Waals surface area contributed by atoms with Gasteiger partial charge in [0.15, 0.2) is 0 Å². The van der Waals surface area contributed by atoms with Gasteiger partial charge < -0.3 is 15.7 Å². The van der Waals surface area contributed by atoms with Crippen molar-refractivity contribution in [2.75, 3.05) is 18.4 Å². The number of rotatable bonds is 2. The van der Waals surface area contributed by atoms with Crippen molar-refractivity contribution in [3.63, 3.8) is 0 Å². The molecule has 0 spiro atoms. The van der Waals surface area contributed by atoms with E-state index in [2.05, 4.69) is 10.6 Å². The molecule has 1 aliphatic rings. The van der Waals surface area contributed by atoms with Crippen LogP contribution in [0.5, 0.6) is 5.75 Å². The summed E-state index contributed by atoms with van der Waals surface area (Å²) >= 11 is 0. The van der Waals surface area contributed by atoms with E-state index in [9.17, 15) is 9.90 Å². The number of nitrogens with one attached hydrogen (secondary N) is 2. The Morgan fingerprint density at radius 2 is 2.06 bits per heavy atom. The van der Waals surface area contributed by atoms with Crippen molar-refractivity contribution >= 4 is 24.0 Å². The minimum Gasteiger partial charge on any atom is -0.506 e. The Morgan fingerprint density at radius 3 is 2.67 bits per heavy atom. The van der Waals surface area contributed by atoms with Crippen molar-refractivity contribution in [3.05, 3.63) is 23.8 Å². The first-order valence-electron chi connectivity index (χ1n) is 5.98. The number of carbonyl (C=O) groups is 1. The maximum Gasteiger partial charge on any atom is 0.227 e. The lowest BCUT2D eigenvalue weighted by Crippen LogP contribution is -2.34. The van der Waals surface area contributed by atoms with Gasteiger partial charge in [-0.3, -0.25) is 4.79 Å². The topological polar surface area (TPSA) is 61.4 Å². The van der Waals surface area contributed by atoms with Crippen LogP contribution in [0.25, 0.3) is 0 Å². The molecule has 0 saturated carbocycles. The molecule has 1 fully saturated rings. The van der Waals surface area contributed by atoms with Gasteiger partial charge in [0.05, 0.1) is 5.69 Å². The zero-order valence-electron chi connectivity index (χ0n) is 10.4. The molecular formula is C13H19ClN2O2. The van der Waals surface area contributed by atoms with Gasteiger partial charge >= 0.3 is 0 Å². The lowest BCUT2D eigenvalue weighted by atomic mass is 9.97.